The number of aromatic amines is 1. The third-order valence-corrected chi connectivity index (χ3v) is 6.06. The summed E-state index contributed by atoms with van der Waals surface area (Å²) in [4.78, 5) is 19.4. The van der Waals surface area contributed by atoms with E-state index in [1.54, 1.807) is 24.3 Å². The summed E-state index contributed by atoms with van der Waals surface area (Å²) in [7, 11) is -0.806. The molecule has 1 aromatic heterocycles. The average Bonchev–Trinajstić information content (AvgIpc) is 3.16. The standard InChI is InChI=1S/C20H18N4O5S/c1-24(2)30(27,28)14-9-7-13(8-10-14)20(26)29-12-18(25)15(11-21)19-22-16-5-3-4-6-17(16)23-19/h3-10,25H,12H2,1-2H3,(H,22,23). The molecule has 3 aromatic rings. The molecule has 0 unspecified atom stereocenters. The second-order valence-electron chi connectivity index (χ2n) is 6.42. The Bertz CT molecular complexity index is 1240. The monoisotopic (exact) mass is 426 g/mol. The molecule has 0 fully saturated rings. The second kappa shape index (κ2) is 8.36. The van der Waals surface area contributed by atoms with Gasteiger partial charge in [0.15, 0.2) is 11.6 Å². The first-order chi connectivity index (χ1) is 14.2. The van der Waals surface area contributed by atoms with Gasteiger partial charge < -0.3 is 14.8 Å². The van der Waals surface area contributed by atoms with Crippen molar-refractivity contribution >= 4 is 32.6 Å². The smallest absolute Gasteiger partial charge is 0.338 e. The number of aliphatic hydroxyl groups is 1. The Morgan fingerprint density at radius 1 is 1.20 bits per heavy atom. The zero-order valence-electron chi connectivity index (χ0n) is 16.2. The van der Waals surface area contributed by atoms with Crippen LogP contribution in [-0.2, 0) is 14.8 Å². The van der Waals surface area contributed by atoms with Gasteiger partial charge in [-0.1, -0.05) is 12.1 Å². The van der Waals surface area contributed by atoms with E-state index in [0.717, 1.165) is 4.31 Å². The molecule has 0 radical (unpaired) electrons. The Morgan fingerprint density at radius 3 is 2.47 bits per heavy atom. The average molecular weight is 426 g/mol. The van der Waals surface area contributed by atoms with E-state index < -0.39 is 28.4 Å². The highest BCUT2D eigenvalue weighted by atomic mass is 32.2. The normalized spacial score (nSPS) is 12.5. The minimum Gasteiger partial charge on any atom is -0.507 e. The molecule has 10 heteroatoms. The summed E-state index contributed by atoms with van der Waals surface area (Å²) in [5, 5.41) is 19.6. The van der Waals surface area contributed by atoms with Crippen LogP contribution in [0.1, 0.15) is 16.2 Å². The first kappa shape index (κ1) is 21.0. The van der Waals surface area contributed by atoms with E-state index in [9.17, 15) is 23.6 Å². The first-order valence-corrected chi connectivity index (χ1v) is 10.1. The number of carbonyl (C=O) groups is 1. The fourth-order valence-electron chi connectivity index (χ4n) is 2.59. The number of aliphatic hydroxyl groups excluding tert-OH is 1. The van der Waals surface area contributed by atoms with Crippen molar-refractivity contribution in [2.75, 3.05) is 20.7 Å². The van der Waals surface area contributed by atoms with Crippen LogP contribution in [0, 0.1) is 11.3 Å². The molecule has 0 amide bonds. The van der Waals surface area contributed by atoms with Crippen LogP contribution >= 0.6 is 0 Å². The van der Waals surface area contributed by atoms with Gasteiger partial charge in [0.1, 0.15) is 18.2 Å². The number of nitriles is 1. The van der Waals surface area contributed by atoms with E-state index in [2.05, 4.69) is 9.97 Å². The fourth-order valence-corrected chi connectivity index (χ4v) is 3.49. The quantitative estimate of drug-likeness (QED) is 0.351. The van der Waals surface area contributed by atoms with E-state index in [-0.39, 0.29) is 21.9 Å². The number of nitrogens with one attached hydrogen (secondary N) is 1. The lowest BCUT2D eigenvalue weighted by atomic mass is 10.2. The molecule has 0 aliphatic carbocycles. The van der Waals surface area contributed by atoms with Crippen molar-refractivity contribution in [2.45, 2.75) is 4.90 Å². The number of sulfonamides is 1. The zero-order chi connectivity index (χ0) is 21.9. The number of rotatable bonds is 6. The van der Waals surface area contributed by atoms with Crippen molar-refractivity contribution in [1.82, 2.24) is 14.3 Å². The van der Waals surface area contributed by atoms with Crippen LogP contribution in [0.25, 0.3) is 16.6 Å². The molecule has 2 N–H and O–H groups in total. The number of H-pyrrole nitrogens is 1. The molecule has 9 nitrogen and oxygen atoms in total. The van der Waals surface area contributed by atoms with E-state index >= 15 is 0 Å². The Hall–Kier alpha value is -3.68. The van der Waals surface area contributed by atoms with Crippen molar-refractivity contribution in [3.63, 3.8) is 0 Å². The Morgan fingerprint density at radius 2 is 1.87 bits per heavy atom. The lowest BCUT2D eigenvalue weighted by molar-refractivity contribution is 0.0502. The van der Waals surface area contributed by atoms with Crippen molar-refractivity contribution < 1.29 is 23.1 Å². The Balaban J connectivity index is 1.75. The van der Waals surface area contributed by atoms with Gasteiger partial charge >= 0.3 is 5.97 Å². The van der Waals surface area contributed by atoms with Crippen molar-refractivity contribution in [2.24, 2.45) is 0 Å². The maximum Gasteiger partial charge on any atom is 0.338 e. The molecule has 0 saturated carbocycles. The number of hydrogen-bond donors (Lipinski definition) is 2. The number of carbonyl (C=O) groups excluding carboxylic acids is 1. The minimum atomic E-state index is -3.61. The summed E-state index contributed by atoms with van der Waals surface area (Å²) in [6.07, 6.45) is 0. The molecule has 0 bridgehead atoms. The highest BCUT2D eigenvalue weighted by Gasteiger charge is 2.19. The summed E-state index contributed by atoms with van der Waals surface area (Å²) < 4.78 is 30.2. The van der Waals surface area contributed by atoms with Crippen LogP contribution in [0.4, 0.5) is 0 Å². The van der Waals surface area contributed by atoms with Crippen LogP contribution in [-0.4, -0.2) is 54.5 Å². The largest absolute Gasteiger partial charge is 0.507 e. The molecule has 0 aliphatic rings. The highest BCUT2D eigenvalue weighted by Crippen LogP contribution is 2.19. The molecule has 0 atom stereocenters. The van der Waals surface area contributed by atoms with Gasteiger partial charge in [0.25, 0.3) is 0 Å². The number of para-hydroxylation sites is 2. The summed E-state index contributed by atoms with van der Waals surface area (Å²) in [5.41, 5.74) is 1.27. The molecule has 0 aliphatic heterocycles. The van der Waals surface area contributed by atoms with E-state index in [4.69, 9.17) is 4.74 Å². The molecule has 154 valence electrons. The topological polar surface area (TPSA) is 136 Å². The number of fused-ring (bicyclic) bond motifs is 1. The molecular weight excluding hydrogens is 408 g/mol. The first-order valence-electron chi connectivity index (χ1n) is 8.71. The number of allylic oxidation sites excluding steroid dienone is 1. The Kier molecular flexibility index (Phi) is 5.86. The van der Waals surface area contributed by atoms with Crippen LogP contribution in [0.5, 0.6) is 0 Å². The number of esters is 1. The lowest BCUT2D eigenvalue weighted by Crippen LogP contribution is -2.22. The lowest BCUT2D eigenvalue weighted by Gasteiger charge is -2.11. The predicted molar refractivity (Wildman–Crippen MR) is 109 cm³/mol. The molecule has 1 heterocycles. The number of hydrogen-bond acceptors (Lipinski definition) is 7. The van der Waals surface area contributed by atoms with Crippen molar-refractivity contribution in [3.05, 3.63) is 65.7 Å². The number of ether oxygens (including phenoxy) is 1. The van der Waals surface area contributed by atoms with Crippen molar-refractivity contribution in [3.8, 4) is 6.07 Å². The highest BCUT2D eigenvalue weighted by molar-refractivity contribution is 7.89. The molecule has 3 rings (SSSR count). The summed E-state index contributed by atoms with van der Waals surface area (Å²) in [6.45, 7) is -0.545. The number of nitrogens with zero attached hydrogens (tertiary/aromatic N) is 3. The predicted octanol–water partition coefficient (Wildman–Crippen LogP) is 2.46. The van der Waals surface area contributed by atoms with Crippen LogP contribution in [0.2, 0.25) is 0 Å². The fraction of sp³-hybridized carbons (Fsp3) is 0.150. The maximum absolute atomic E-state index is 12.2. The molecular formula is C20H18N4O5S. The van der Waals surface area contributed by atoms with Crippen LogP contribution in [0.15, 0.2) is 59.2 Å². The van der Waals surface area contributed by atoms with E-state index in [1.165, 1.54) is 38.4 Å². The minimum absolute atomic E-state index is 0.0310. The summed E-state index contributed by atoms with van der Waals surface area (Å²) in [5.74, 6) is -1.08. The van der Waals surface area contributed by atoms with E-state index in [0.29, 0.717) is 11.0 Å². The Labute approximate surface area is 172 Å². The van der Waals surface area contributed by atoms with Gasteiger partial charge in [-0.25, -0.2) is 22.5 Å². The van der Waals surface area contributed by atoms with Gasteiger partial charge in [-0.2, -0.15) is 5.26 Å². The van der Waals surface area contributed by atoms with Crippen LogP contribution < -0.4 is 0 Å². The van der Waals surface area contributed by atoms with E-state index in [1.807, 2.05) is 6.07 Å². The third kappa shape index (κ3) is 4.17. The zero-order valence-corrected chi connectivity index (χ0v) is 17.0. The van der Waals surface area contributed by atoms with Gasteiger partial charge in [0, 0.05) is 14.1 Å². The van der Waals surface area contributed by atoms with Crippen molar-refractivity contribution in [1.29, 1.82) is 5.26 Å². The second-order valence-corrected chi connectivity index (χ2v) is 8.58. The van der Waals surface area contributed by atoms with Crippen LogP contribution in [0.3, 0.4) is 0 Å². The van der Waals surface area contributed by atoms with Gasteiger partial charge in [-0.3, -0.25) is 0 Å². The summed E-state index contributed by atoms with van der Waals surface area (Å²) >= 11 is 0. The number of imidazole rings is 1. The molecule has 0 saturated heterocycles. The number of benzene rings is 2. The van der Waals surface area contributed by atoms with Gasteiger partial charge in [0.2, 0.25) is 10.0 Å². The summed E-state index contributed by atoms with van der Waals surface area (Å²) in [6, 6.07) is 14.2. The molecule has 0 spiro atoms. The van der Waals surface area contributed by atoms with Gasteiger partial charge in [-0.05, 0) is 36.4 Å². The molecule has 2 aromatic carbocycles. The third-order valence-electron chi connectivity index (χ3n) is 4.24. The van der Waals surface area contributed by atoms with Gasteiger partial charge in [-0.15, -0.1) is 0 Å². The molecule has 30 heavy (non-hydrogen) atoms. The SMILES string of the molecule is CN(C)S(=O)(=O)c1ccc(C(=O)OCC(O)=C(C#N)c2nc3ccccc3[nH]2)cc1. The maximum atomic E-state index is 12.2. The van der Waals surface area contributed by atoms with Gasteiger partial charge in [0.05, 0.1) is 21.5 Å². The number of aromatic nitrogens is 2.